The summed E-state index contributed by atoms with van der Waals surface area (Å²) in [6.07, 6.45) is 0.377. The number of carbonyl (C=O) groups excluding carboxylic acids is 3. The molecule has 142 valence electrons. The molecule has 8 nitrogen and oxygen atoms in total. The lowest BCUT2D eigenvalue weighted by atomic mass is 10.2. The van der Waals surface area contributed by atoms with Crippen molar-refractivity contribution in [3.05, 3.63) is 29.8 Å². The van der Waals surface area contributed by atoms with Gasteiger partial charge in [0.1, 0.15) is 6.54 Å². The molecule has 1 atom stereocenters. The SMILES string of the molecule is CCOC(=O)c1ccc(N(CC(=O)NC2CCS(=O)(=O)C2)C(C)=O)cc1. The highest BCUT2D eigenvalue weighted by atomic mass is 32.2. The number of benzene rings is 1. The van der Waals surface area contributed by atoms with Crippen LogP contribution >= 0.6 is 0 Å². The summed E-state index contributed by atoms with van der Waals surface area (Å²) in [4.78, 5) is 37.0. The third-order valence-corrected chi connectivity index (χ3v) is 5.74. The van der Waals surface area contributed by atoms with Crippen molar-refractivity contribution in [2.24, 2.45) is 0 Å². The minimum absolute atomic E-state index is 0.0592. The van der Waals surface area contributed by atoms with Crippen molar-refractivity contribution in [1.82, 2.24) is 5.32 Å². The molecule has 1 saturated heterocycles. The van der Waals surface area contributed by atoms with Gasteiger partial charge in [0.15, 0.2) is 9.84 Å². The molecule has 0 radical (unpaired) electrons. The first-order valence-electron chi connectivity index (χ1n) is 8.27. The topological polar surface area (TPSA) is 110 Å². The number of nitrogens with zero attached hydrogens (tertiary/aromatic N) is 1. The van der Waals surface area contributed by atoms with Crippen LogP contribution in [0.15, 0.2) is 24.3 Å². The highest BCUT2D eigenvalue weighted by molar-refractivity contribution is 7.91. The number of hydrogen-bond acceptors (Lipinski definition) is 6. The number of nitrogens with one attached hydrogen (secondary N) is 1. The molecule has 0 bridgehead atoms. The Bertz CT molecular complexity index is 788. The second-order valence-electron chi connectivity index (χ2n) is 6.04. The Morgan fingerprint density at radius 1 is 1.23 bits per heavy atom. The molecule has 9 heteroatoms. The van der Waals surface area contributed by atoms with Crippen LogP contribution in [0, 0.1) is 0 Å². The summed E-state index contributed by atoms with van der Waals surface area (Å²) in [7, 11) is -3.09. The van der Waals surface area contributed by atoms with Crippen LogP contribution in [0.4, 0.5) is 5.69 Å². The zero-order valence-electron chi connectivity index (χ0n) is 14.7. The number of ether oxygens (including phenoxy) is 1. The number of amides is 2. The first-order chi connectivity index (χ1) is 12.2. The average Bonchev–Trinajstić information content (AvgIpc) is 2.91. The van der Waals surface area contributed by atoms with Crippen LogP contribution in [0.3, 0.4) is 0 Å². The van der Waals surface area contributed by atoms with E-state index in [0.29, 0.717) is 17.7 Å². The normalized spacial score (nSPS) is 18.2. The summed E-state index contributed by atoms with van der Waals surface area (Å²) in [6, 6.07) is 5.73. The number of carbonyl (C=O) groups is 3. The van der Waals surface area contributed by atoms with E-state index in [1.165, 1.54) is 24.0 Å². The van der Waals surface area contributed by atoms with Gasteiger partial charge in [0, 0.05) is 18.7 Å². The highest BCUT2D eigenvalue weighted by Crippen LogP contribution is 2.17. The summed E-state index contributed by atoms with van der Waals surface area (Å²) in [6.45, 7) is 3.06. The number of esters is 1. The molecule has 0 spiro atoms. The molecule has 1 heterocycles. The van der Waals surface area contributed by atoms with Crippen molar-refractivity contribution in [2.45, 2.75) is 26.3 Å². The molecule has 1 aliphatic heterocycles. The van der Waals surface area contributed by atoms with Crippen molar-refractivity contribution < 1.29 is 27.5 Å². The molecule has 1 aromatic carbocycles. The van der Waals surface area contributed by atoms with E-state index in [0.717, 1.165) is 0 Å². The van der Waals surface area contributed by atoms with Crippen molar-refractivity contribution in [3.8, 4) is 0 Å². The Morgan fingerprint density at radius 3 is 2.38 bits per heavy atom. The maximum Gasteiger partial charge on any atom is 0.338 e. The van der Waals surface area contributed by atoms with Crippen molar-refractivity contribution in [3.63, 3.8) is 0 Å². The number of sulfone groups is 1. The van der Waals surface area contributed by atoms with E-state index >= 15 is 0 Å². The zero-order valence-corrected chi connectivity index (χ0v) is 15.5. The highest BCUT2D eigenvalue weighted by Gasteiger charge is 2.29. The van der Waals surface area contributed by atoms with Crippen LogP contribution in [0.5, 0.6) is 0 Å². The van der Waals surface area contributed by atoms with Gasteiger partial charge in [-0.1, -0.05) is 0 Å². The third-order valence-electron chi connectivity index (χ3n) is 3.97. The molecule has 1 unspecified atom stereocenters. The molecule has 1 fully saturated rings. The molecule has 0 aromatic heterocycles. The quantitative estimate of drug-likeness (QED) is 0.718. The van der Waals surface area contributed by atoms with Gasteiger partial charge in [0.05, 0.1) is 23.7 Å². The van der Waals surface area contributed by atoms with E-state index < -0.39 is 27.8 Å². The number of rotatable bonds is 6. The summed E-state index contributed by atoms with van der Waals surface area (Å²) < 4.78 is 27.8. The Labute approximate surface area is 152 Å². The molecule has 0 saturated carbocycles. The molecule has 1 N–H and O–H groups in total. The summed E-state index contributed by atoms with van der Waals surface area (Å²) >= 11 is 0. The molecule has 26 heavy (non-hydrogen) atoms. The van der Waals surface area contributed by atoms with Gasteiger partial charge in [0.25, 0.3) is 0 Å². The van der Waals surface area contributed by atoms with Crippen LogP contribution in [0.1, 0.15) is 30.6 Å². The lowest BCUT2D eigenvalue weighted by Crippen LogP contribution is -2.44. The second-order valence-corrected chi connectivity index (χ2v) is 8.27. The fraction of sp³-hybridized carbons (Fsp3) is 0.471. The standard InChI is InChI=1S/C17H22N2O6S/c1-3-25-17(22)13-4-6-15(7-5-13)19(12(2)20)10-16(21)18-14-8-9-26(23,24)11-14/h4-7,14H,3,8-11H2,1-2H3,(H,18,21). The largest absolute Gasteiger partial charge is 0.462 e. The van der Waals surface area contributed by atoms with Gasteiger partial charge >= 0.3 is 5.97 Å². The van der Waals surface area contributed by atoms with Crippen LogP contribution in [-0.2, 0) is 24.2 Å². The Morgan fingerprint density at radius 2 is 1.88 bits per heavy atom. The summed E-state index contributed by atoms with van der Waals surface area (Å²) in [5.41, 5.74) is 0.805. The molecular weight excluding hydrogens is 360 g/mol. The summed E-state index contributed by atoms with van der Waals surface area (Å²) in [5, 5.41) is 2.65. The first-order valence-corrected chi connectivity index (χ1v) is 10.1. The molecular formula is C17H22N2O6S. The number of hydrogen-bond donors (Lipinski definition) is 1. The third kappa shape index (κ3) is 5.29. The van der Waals surface area contributed by atoms with E-state index in [1.54, 1.807) is 19.1 Å². The van der Waals surface area contributed by atoms with E-state index in [1.807, 2.05) is 0 Å². The monoisotopic (exact) mass is 382 g/mol. The predicted octanol–water partition coefficient (Wildman–Crippen LogP) is 0.520. The van der Waals surface area contributed by atoms with Gasteiger partial charge in [-0.2, -0.15) is 0 Å². The van der Waals surface area contributed by atoms with E-state index in [-0.39, 0.29) is 30.6 Å². The maximum absolute atomic E-state index is 12.2. The van der Waals surface area contributed by atoms with Crippen LogP contribution in [-0.4, -0.2) is 56.9 Å². The predicted molar refractivity (Wildman–Crippen MR) is 95.6 cm³/mol. The van der Waals surface area contributed by atoms with Gasteiger partial charge < -0.3 is 15.0 Å². The zero-order chi connectivity index (χ0) is 19.3. The Hall–Kier alpha value is -2.42. The lowest BCUT2D eigenvalue weighted by Gasteiger charge is -2.22. The molecule has 2 amide bonds. The van der Waals surface area contributed by atoms with E-state index in [9.17, 15) is 22.8 Å². The molecule has 2 rings (SSSR count). The fourth-order valence-corrected chi connectivity index (χ4v) is 4.38. The molecule has 0 aliphatic carbocycles. The van der Waals surface area contributed by atoms with Crippen molar-refractivity contribution in [2.75, 3.05) is 29.6 Å². The van der Waals surface area contributed by atoms with Gasteiger partial charge in [0.2, 0.25) is 11.8 Å². The molecule has 1 aliphatic rings. The minimum Gasteiger partial charge on any atom is -0.462 e. The second kappa shape index (κ2) is 8.31. The van der Waals surface area contributed by atoms with Crippen molar-refractivity contribution >= 4 is 33.3 Å². The number of anilines is 1. The van der Waals surface area contributed by atoms with Gasteiger partial charge in [-0.25, -0.2) is 13.2 Å². The van der Waals surface area contributed by atoms with Gasteiger partial charge in [-0.15, -0.1) is 0 Å². The molecule has 1 aromatic rings. The maximum atomic E-state index is 12.2. The van der Waals surface area contributed by atoms with Gasteiger partial charge in [-0.05, 0) is 37.6 Å². The first kappa shape index (κ1) is 19.9. The van der Waals surface area contributed by atoms with E-state index in [2.05, 4.69) is 5.32 Å². The Balaban J connectivity index is 2.03. The van der Waals surface area contributed by atoms with Gasteiger partial charge in [-0.3, -0.25) is 9.59 Å². The lowest BCUT2D eigenvalue weighted by molar-refractivity contribution is -0.123. The average molecular weight is 382 g/mol. The van der Waals surface area contributed by atoms with Crippen LogP contribution in [0.2, 0.25) is 0 Å². The van der Waals surface area contributed by atoms with Crippen molar-refractivity contribution in [1.29, 1.82) is 0 Å². The van der Waals surface area contributed by atoms with Crippen LogP contribution in [0.25, 0.3) is 0 Å². The summed E-state index contributed by atoms with van der Waals surface area (Å²) in [5.74, 6) is -1.26. The Kier molecular flexibility index (Phi) is 6.36. The smallest absolute Gasteiger partial charge is 0.338 e. The minimum atomic E-state index is -3.09. The van der Waals surface area contributed by atoms with Crippen LogP contribution < -0.4 is 10.2 Å². The van der Waals surface area contributed by atoms with E-state index in [4.69, 9.17) is 4.74 Å². The fourth-order valence-electron chi connectivity index (χ4n) is 2.70.